The van der Waals surface area contributed by atoms with Gasteiger partial charge in [-0.2, -0.15) is 5.26 Å². The molecule has 1 rings (SSSR count). The molecule has 86 valence electrons. The van der Waals surface area contributed by atoms with E-state index in [0.29, 0.717) is 6.10 Å². The summed E-state index contributed by atoms with van der Waals surface area (Å²) in [5, 5.41) is 11.9. The van der Waals surface area contributed by atoms with E-state index in [2.05, 4.69) is 16.3 Å². The van der Waals surface area contributed by atoms with Gasteiger partial charge in [-0.15, -0.1) is 0 Å². The first-order valence-electron chi connectivity index (χ1n) is 5.71. The zero-order valence-corrected chi connectivity index (χ0v) is 9.70. The first-order chi connectivity index (χ1) is 7.30. The number of nitrogens with zero attached hydrogens (tertiary/aromatic N) is 2. The Morgan fingerprint density at radius 3 is 3.07 bits per heavy atom. The molecular weight excluding hydrogens is 190 g/mol. The van der Waals surface area contributed by atoms with E-state index in [1.165, 1.54) is 6.42 Å². The summed E-state index contributed by atoms with van der Waals surface area (Å²) in [6.45, 7) is 5.67. The lowest BCUT2D eigenvalue weighted by Gasteiger charge is -2.33. The van der Waals surface area contributed by atoms with Crippen LogP contribution in [0.15, 0.2) is 0 Å². The number of hydrogen-bond acceptors (Lipinski definition) is 4. The second-order valence-electron chi connectivity index (χ2n) is 3.95. The molecule has 15 heavy (non-hydrogen) atoms. The van der Waals surface area contributed by atoms with Gasteiger partial charge in [-0.3, -0.25) is 4.90 Å². The van der Waals surface area contributed by atoms with Crippen molar-refractivity contribution in [2.75, 3.05) is 33.3 Å². The van der Waals surface area contributed by atoms with Crippen LogP contribution in [0.25, 0.3) is 0 Å². The molecule has 0 bridgehead atoms. The largest absolute Gasteiger partial charge is 0.377 e. The van der Waals surface area contributed by atoms with Gasteiger partial charge < -0.3 is 10.1 Å². The van der Waals surface area contributed by atoms with Gasteiger partial charge in [-0.05, 0) is 33.4 Å². The smallest absolute Gasteiger partial charge is 0.108 e. The molecule has 0 aromatic heterocycles. The Hall–Kier alpha value is -0.630. The van der Waals surface area contributed by atoms with Crippen molar-refractivity contribution in [3.8, 4) is 6.07 Å². The molecule has 4 heteroatoms. The van der Waals surface area contributed by atoms with Crippen molar-refractivity contribution in [2.24, 2.45) is 0 Å². The summed E-state index contributed by atoms with van der Waals surface area (Å²) in [6.07, 6.45) is 2.69. The highest BCUT2D eigenvalue weighted by Crippen LogP contribution is 2.13. The fourth-order valence-electron chi connectivity index (χ4n) is 2.01. The Bertz CT molecular complexity index is 212. The van der Waals surface area contributed by atoms with Gasteiger partial charge in [-0.1, -0.05) is 0 Å². The Kier molecular flexibility index (Phi) is 5.62. The van der Waals surface area contributed by atoms with Crippen molar-refractivity contribution in [3.63, 3.8) is 0 Å². The standard InChI is InChI=1S/C11H21N3O/c1-3-15-11-5-4-6-14(9-11)8-10(7-12)13-2/h10-11,13H,3-6,8-9H2,1-2H3. The minimum atomic E-state index is -0.0645. The molecule has 0 saturated carbocycles. The molecule has 1 heterocycles. The lowest BCUT2D eigenvalue weighted by molar-refractivity contribution is 0.00506. The van der Waals surface area contributed by atoms with Gasteiger partial charge in [0.05, 0.1) is 12.2 Å². The highest BCUT2D eigenvalue weighted by Gasteiger charge is 2.21. The summed E-state index contributed by atoms with van der Waals surface area (Å²) in [4.78, 5) is 2.31. The molecule has 0 amide bonds. The molecule has 4 nitrogen and oxygen atoms in total. The van der Waals surface area contributed by atoms with Crippen LogP contribution in [0.3, 0.4) is 0 Å². The normalized spacial score (nSPS) is 24.7. The van der Waals surface area contributed by atoms with Gasteiger partial charge in [-0.25, -0.2) is 0 Å². The molecule has 2 unspecified atom stereocenters. The fourth-order valence-corrected chi connectivity index (χ4v) is 2.01. The molecule has 0 aromatic carbocycles. The van der Waals surface area contributed by atoms with Crippen LogP contribution < -0.4 is 5.32 Å². The molecule has 1 saturated heterocycles. The lowest BCUT2D eigenvalue weighted by Crippen LogP contribution is -2.45. The summed E-state index contributed by atoms with van der Waals surface area (Å²) >= 11 is 0. The van der Waals surface area contributed by atoms with E-state index >= 15 is 0 Å². The number of piperidine rings is 1. The summed E-state index contributed by atoms with van der Waals surface area (Å²) in [5.41, 5.74) is 0. The SMILES string of the molecule is CCOC1CCCN(CC(C#N)NC)C1. The van der Waals surface area contributed by atoms with Gasteiger partial charge in [0.1, 0.15) is 6.04 Å². The molecule has 1 N–H and O–H groups in total. The van der Waals surface area contributed by atoms with Crippen molar-refractivity contribution in [3.05, 3.63) is 0 Å². The molecule has 2 atom stereocenters. The maximum Gasteiger partial charge on any atom is 0.108 e. The Labute approximate surface area is 92.2 Å². The van der Waals surface area contributed by atoms with E-state index in [9.17, 15) is 0 Å². The van der Waals surface area contributed by atoms with Crippen LogP contribution in [0.4, 0.5) is 0 Å². The van der Waals surface area contributed by atoms with Gasteiger partial charge in [0.25, 0.3) is 0 Å². The fraction of sp³-hybridized carbons (Fsp3) is 0.909. The maximum absolute atomic E-state index is 8.86. The lowest BCUT2D eigenvalue weighted by atomic mass is 10.1. The first kappa shape index (κ1) is 12.4. The van der Waals surface area contributed by atoms with E-state index < -0.39 is 0 Å². The van der Waals surface area contributed by atoms with Crippen molar-refractivity contribution < 1.29 is 4.74 Å². The van der Waals surface area contributed by atoms with Crippen LogP contribution in [0.2, 0.25) is 0 Å². The summed E-state index contributed by atoms with van der Waals surface area (Å²) < 4.78 is 5.62. The Morgan fingerprint density at radius 1 is 1.67 bits per heavy atom. The van der Waals surface area contributed by atoms with E-state index in [1.54, 1.807) is 0 Å². The average molecular weight is 211 g/mol. The van der Waals surface area contributed by atoms with Crippen LogP contribution in [-0.2, 0) is 4.74 Å². The molecule has 0 radical (unpaired) electrons. The van der Waals surface area contributed by atoms with Crippen molar-refractivity contribution in [1.82, 2.24) is 10.2 Å². The number of nitriles is 1. The highest BCUT2D eigenvalue weighted by atomic mass is 16.5. The van der Waals surface area contributed by atoms with E-state index in [0.717, 1.165) is 32.7 Å². The summed E-state index contributed by atoms with van der Waals surface area (Å²) in [5.74, 6) is 0. The average Bonchev–Trinajstić information content (AvgIpc) is 2.27. The monoisotopic (exact) mass is 211 g/mol. The van der Waals surface area contributed by atoms with Gasteiger partial charge in [0.2, 0.25) is 0 Å². The summed E-state index contributed by atoms with van der Waals surface area (Å²) in [7, 11) is 1.83. The molecular formula is C11H21N3O. The minimum absolute atomic E-state index is 0.0645. The minimum Gasteiger partial charge on any atom is -0.377 e. The topological polar surface area (TPSA) is 48.3 Å². The number of likely N-dealkylation sites (N-methyl/N-ethyl adjacent to an activating group) is 1. The predicted molar refractivity (Wildman–Crippen MR) is 59.5 cm³/mol. The Morgan fingerprint density at radius 2 is 2.47 bits per heavy atom. The third kappa shape index (κ3) is 4.17. The third-order valence-electron chi connectivity index (χ3n) is 2.81. The number of rotatable bonds is 5. The van der Waals surface area contributed by atoms with Crippen LogP contribution in [0.1, 0.15) is 19.8 Å². The van der Waals surface area contributed by atoms with Crippen molar-refractivity contribution >= 4 is 0 Å². The zero-order valence-electron chi connectivity index (χ0n) is 9.70. The third-order valence-corrected chi connectivity index (χ3v) is 2.81. The van der Waals surface area contributed by atoms with Gasteiger partial charge >= 0.3 is 0 Å². The summed E-state index contributed by atoms with van der Waals surface area (Å²) in [6, 6.07) is 2.19. The van der Waals surface area contributed by atoms with Crippen LogP contribution in [-0.4, -0.2) is 50.3 Å². The maximum atomic E-state index is 8.86. The predicted octanol–water partition coefficient (Wildman–Crippen LogP) is 0.599. The quantitative estimate of drug-likeness (QED) is 0.723. The molecule has 1 aliphatic heterocycles. The molecule has 0 aliphatic carbocycles. The number of nitrogens with one attached hydrogen (secondary N) is 1. The van der Waals surface area contributed by atoms with Gasteiger partial charge in [0, 0.05) is 19.7 Å². The zero-order chi connectivity index (χ0) is 11.1. The molecule has 1 aliphatic rings. The molecule has 0 spiro atoms. The van der Waals surface area contributed by atoms with E-state index in [4.69, 9.17) is 10.00 Å². The molecule has 1 fully saturated rings. The van der Waals surface area contributed by atoms with Crippen LogP contribution >= 0.6 is 0 Å². The molecule has 0 aromatic rings. The second kappa shape index (κ2) is 6.78. The van der Waals surface area contributed by atoms with Crippen molar-refractivity contribution in [1.29, 1.82) is 5.26 Å². The van der Waals surface area contributed by atoms with E-state index in [-0.39, 0.29) is 6.04 Å². The van der Waals surface area contributed by atoms with Crippen LogP contribution in [0, 0.1) is 11.3 Å². The number of hydrogen-bond donors (Lipinski definition) is 1. The second-order valence-corrected chi connectivity index (χ2v) is 3.95. The number of ether oxygens (including phenoxy) is 1. The van der Waals surface area contributed by atoms with Crippen LogP contribution in [0.5, 0.6) is 0 Å². The van der Waals surface area contributed by atoms with E-state index in [1.807, 2.05) is 14.0 Å². The Balaban J connectivity index is 2.32. The van der Waals surface area contributed by atoms with Gasteiger partial charge in [0.15, 0.2) is 0 Å². The highest BCUT2D eigenvalue weighted by molar-refractivity contribution is 4.92. The van der Waals surface area contributed by atoms with Crippen molar-refractivity contribution in [2.45, 2.75) is 31.9 Å². The number of likely N-dealkylation sites (tertiary alicyclic amines) is 1. The first-order valence-corrected chi connectivity index (χ1v) is 5.71.